The molecule has 0 bridgehead atoms. The van der Waals surface area contributed by atoms with Crippen LogP contribution in [0.25, 0.3) is 0 Å². The number of benzene rings is 1. The van der Waals surface area contributed by atoms with Gasteiger partial charge in [-0.15, -0.1) is 0 Å². The highest BCUT2D eigenvalue weighted by Gasteiger charge is 2.48. The SMILES string of the molecule is CCOC1CC(NCc2ccccc2CCNC)C1(C)C. The lowest BCUT2D eigenvalue weighted by Gasteiger charge is -2.52. The van der Waals surface area contributed by atoms with Gasteiger partial charge in [0.15, 0.2) is 0 Å². The van der Waals surface area contributed by atoms with E-state index in [-0.39, 0.29) is 5.41 Å². The summed E-state index contributed by atoms with van der Waals surface area (Å²) in [6.07, 6.45) is 2.61. The topological polar surface area (TPSA) is 33.3 Å². The quantitative estimate of drug-likeness (QED) is 0.772. The van der Waals surface area contributed by atoms with Crippen molar-refractivity contribution in [2.45, 2.75) is 52.3 Å². The predicted octanol–water partition coefficient (Wildman–Crippen LogP) is 2.74. The van der Waals surface area contributed by atoms with Crippen LogP contribution in [0, 0.1) is 5.41 Å². The first kappa shape index (κ1) is 16.5. The normalized spacial score (nSPS) is 23.8. The minimum Gasteiger partial charge on any atom is -0.378 e. The summed E-state index contributed by atoms with van der Waals surface area (Å²) in [6.45, 7) is 9.48. The average Bonchev–Trinajstić information content (AvgIpc) is 2.49. The molecule has 1 fully saturated rings. The second-order valence-electron chi connectivity index (χ2n) is 6.56. The monoisotopic (exact) mass is 290 g/mol. The van der Waals surface area contributed by atoms with Gasteiger partial charge in [-0.05, 0) is 44.5 Å². The summed E-state index contributed by atoms with van der Waals surface area (Å²) in [4.78, 5) is 0. The molecule has 0 saturated heterocycles. The van der Waals surface area contributed by atoms with Crippen LogP contribution in [0.4, 0.5) is 0 Å². The minimum absolute atomic E-state index is 0.232. The van der Waals surface area contributed by atoms with Gasteiger partial charge in [0.2, 0.25) is 0 Å². The van der Waals surface area contributed by atoms with E-state index in [0.717, 1.165) is 32.5 Å². The molecule has 2 unspecified atom stereocenters. The Morgan fingerprint density at radius 3 is 2.57 bits per heavy atom. The fourth-order valence-electron chi connectivity index (χ4n) is 3.18. The third-order valence-electron chi connectivity index (χ3n) is 4.85. The zero-order chi connectivity index (χ0) is 15.3. The highest BCUT2D eigenvalue weighted by molar-refractivity contribution is 5.27. The maximum atomic E-state index is 5.80. The molecule has 0 aliphatic heterocycles. The predicted molar refractivity (Wildman–Crippen MR) is 88.5 cm³/mol. The van der Waals surface area contributed by atoms with E-state index < -0.39 is 0 Å². The van der Waals surface area contributed by atoms with Crippen LogP contribution < -0.4 is 10.6 Å². The molecular weight excluding hydrogens is 260 g/mol. The first-order valence-corrected chi connectivity index (χ1v) is 8.16. The van der Waals surface area contributed by atoms with Crippen LogP contribution in [0.2, 0.25) is 0 Å². The lowest BCUT2D eigenvalue weighted by Crippen LogP contribution is -2.60. The van der Waals surface area contributed by atoms with E-state index in [1.807, 2.05) is 7.05 Å². The summed E-state index contributed by atoms with van der Waals surface area (Å²) >= 11 is 0. The highest BCUT2D eigenvalue weighted by Crippen LogP contribution is 2.42. The molecule has 21 heavy (non-hydrogen) atoms. The van der Waals surface area contributed by atoms with E-state index in [9.17, 15) is 0 Å². The number of ether oxygens (including phenoxy) is 1. The van der Waals surface area contributed by atoms with Crippen molar-refractivity contribution in [3.63, 3.8) is 0 Å². The Labute approximate surface area is 129 Å². The molecule has 0 radical (unpaired) electrons. The molecule has 3 heteroatoms. The van der Waals surface area contributed by atoms with Crippen molar-refractivity contribution < 1.29 is 4.74 Å². The van der Waals surface area contributed by atoms with Crippen molar-refractivity contribution in [3.8, 4) is 0 Å². The van der Waals surface area contributed by atoms with Gasteiger partial charge in [-0.1, -0.05) is 38.1 Å². The van der Waals surface area contributed by atoms with E-state index in [1.165, 1.54) is 11.1 Å². The van der Waals surface area contributed by atoms with Crippen LogP contribution in [0.15, 0.2) is 24.3 Å². The van der Waals surface area contributed by atoms with Gasteiger partial charge in [0, 0.05) is 24.6 Å². The first-order valence-electron chi connectivity index (χ1n) is 8.16. The van der Waals surface area contributed by atoms with Gasteiger partial charge in [0.25, 0.3) is 0 Å². The Kier molecular flexibility index (Phi) is 5.80. The third-order valence-corrected chi connectivity index (χ3v) is 4.85. The van der Waals surface area contributed by atoms with Gasteiger partial charge in [0.05, 0.1) is 6.10 Å². The Morgan fingerprint density at radius 1 is 1.24 bits per heavy atom. The molecule has 1 aliphatic rings. The van der Waals surface area contributed by atoms with Gasteiger partial charge >= 0.3 is 0 Å². The van der Waals surface area contributed by atoms with Crippen LogP contribution in [-0.2, 0) is 17.7 Å². The number of rotatable bonds is 8. The van der Waals surface area contributed by atoms with Crippen molar-refractivity contribution in [2.24, 2.45) is 5.41 Å². The van der Waals surface area contributed by atoms with Gasteiger partial charge in [0.1, 0.15) is 0 Å². The van der Waals surface area contributed by atoms with Gasteiger partial charge in [-0.2, -0.15) is 0 Å². The molecule has 0 aromatic heterocycles. The molecule has 0 heterocycles. The molecule has 0 amide bonds. The fraction of sp³-hybridized carbons (Fsp3) is 0.667. The summed E-state index contributed by atoms with van der Waals surface area (Å²) in [5, 5.41) is 6.96. The lowest BCUT2D eigenvalue weighted by molar-refractivity contribution is -0.114. The number of hydrogen-bond acceptors (Lipinski definition) is 3. The number of likely N-dealkylation sites (N-methyl/N-ethyl adjacent to an activating group) is 1. The Morgan fingerprint density at radius 2 is 1.95 bits per heavy atom. The minimum atomic E-state index is 0.232. The summed E-state index contributed by atoms with van der Waals surface area (Å²) in [5.41, 5.74) is 3.09. The van der Waals surface area contributed by atoms with Crippen LogP contribution in [0.5, 0.6) is 0 Å². The molecule has 3 nitrogen and oxygen atoms in total. The van der Waals surface area contributed by atoms with E-state index >= 15 is 0 Å². The molecule has 0 spiro atoms. The molecule has 1 aromatic carbocycles. The number of hydrogen-bond donors (Lipinski definition) is 2. The Balaban J connectivity index is 1.89. The van der Waals surface area contributed by atoms with Crippen molar-refractivity contribution in [1.29, 1.82) is 0 Å². The van der Waals surface area contributed by atoms with Crippen molar-refractivity contribution >= 4 is 0 Å². The fourth-order valence-corrected chi connectivity index (χ4v) is 3.18. The molecule has 2 rings (SSSR count). The molecule has 1 aliphatic carbocycles. The molecule has 1 aromatic rings. The summed E-state index contributed by atoms with van der Waals surface area (Å²) in [5.74, 6) is 0. The lowest BCUT2D eigenvalue weighted by atomic mass is 9.64. The maximum Gasteiger partial charge on any atom is 0.0655 e. The van der Waals surface area contributed by atoms with Crippen LogP contribution in [0.3, 0.4) is 0 Å². The number of nitrogens with one attached hydrogen (secondary N) is 2. The van der Waals surface area contributed by atoms with E-state index in [0.29, 0.717) is 12.1 Å². The van der Waals surface area contributed by atoms with Crippen LogP contribution in [0.1, 0.15) is 38.3 Å². The van der Waals surface area contributed by atoms with E-state index in [2.05, 4.69) is 55.7 Å². The van der Waals surface area contributed by atoms with Crippen molar-refractivity contribution in [1.82, 2.24) is 10.6 Å². The molecule has 2 N–H and O–H groups in total. The van der Waals surface area contributed by atoms with E-state index in [1.54, 1.807) is 0 Å². The smallest absolute Gasteiger partial charge is 0.0655 e. The zero-order valence-electron chi connectivity index (χ0n) is 13.9. The average molecular weight is 290 g/mol. The molecule has 118 valence electrons. The third kappa shape index (κ3) is 3.85. The highest BCUT2D eigenvalue weighted by atomic mass is 16.5. The van der Waals surface area contributed by atoms with Crippen molar-refractivity contribution in [2.75, 3.05) is 20.2 Å². The molecule has 2 atom stereocenters. The van der Waals surface area contributed by atoms with Gasteiger partial charge in [-0.3, -0.25) is 0 Å². The summed E-state index contributed by atoms with van der Waals surface area (Å²) in [6, 6.07) is 9.29. The van der Waals surface area contributed by atoms with Gasteiger partial charge < -0.3 is 15.4 Å². The van der Waals surface area contributed by atoms with Crippen molar-refractivity contribution in [3.05, 3.63) is 35.4 Å². The van der Waals surface area contributed by atoms with E-state index in [4.69, 9.17) is 4.74 Å². The zero-order valence-corrected chi connectivity index (χ0v) is 13.9. The Hall–Kier alpha value is -0.900. The Bertz CT molecular complexity index is 445. The van der Waals surface area contributed by atoms with Crippen LogP contribution >= 0.6 is 0 Å². The summed E-state index contributed by atoms with van der Waals surface area (Å²) < 4.78 is 5.80. The molecular formula is C18H30N2O. The largest absolute Gasteiger partial charge is 0.378 e. The summed E-state index contributed by atoms with van der Waals surface area (Å²) in [7, 11) is 2.01. The standard InChI is InChI=1S/C18H30N2O/c1-5-21-17-12-16(18(17,2)3)20-13-15-9-7-6-8-14(15)10-11-19-4/h6-9,16-17,19-20H,5,10-13H2,1-4H3. The second-order valence-corrected chi connectivity index (χ2v) is 6.56. The maximum absolute atomic E-state index is 5.80. The van der Waals surface area contributed by atoms with Gasteiger partial charge in [-0.25, -0.2) is 0 Å². The molecule has 1 saturated carbocycles. The van der Waals surface area contributed by atoms with Crippen LogP contribution in [-0.4, -0.2) is 32.3 Å². The second kappa shape index (κ2) is 7.39. The first-order chi connectivity index (χ1) is 10.1.